The van der Waals surface area contributed by atoms with Gasteiger partial charge < -0.3 is 19.7 Å². The molecule has 0 atom stereocenters. The molecule has 1 aliphatic heterocycles. The second-order valence-corrected chi connectivity index (χ2v) is 6.79. The molecule has 2 amide bonds. The Morgan fingerprint density at radius 1 is 1.04 bits per heavy atom. The van der Waals surface area contributed by atoms with Gasteiger partial charge in [-0.2, -0.15) is 0 Å². The largest absolute Gasteiger partial charge is 0.497 e. The number of rotatable bonds is 7. The maximum Gasteiger partial charge on any atom is 0.317 e. The van der Waals surface area contributed by atoms with Gasteiger partial charge in [0, 0.05) is 51.5 Å². The van der Waals surface area contributed by atoms with Crippen molar-refractivity contribution in [3.8, 4) is 11.6 Å². The van der Waals surface area contributed by atoms with Gasteiger partial charge in [-0.15, -0.1) is 0 Å². The molecule has 2 heterocycles. The minimum atomic E-state index is -0.0226. The van der Waals surface area contributed by atoms with Crippen LogP contribution in [0.25, 0.3) is 0 Å². The van der Waals surface area contributed by atoms with Crippen molar-refractivity contribution in [3.63, 3.8) is 0 Å². The fourth-order valence-corrected chi connectivity index (χ4v) is 3.22. The van der Waals surface area contributed by atoms with Crippen LogP contribution in [0.4, 0.5) is 4.79 Å². The number of hydrogen-bond acceptors (Lipinski definition) is 5. The average molecular weight is 384 g/mol. The van der Waals surface area contributed by atoms with Crippen LogP contribution in [0, 0.1) is 0 Å². The first kappa shape index (κ1) is 19.9. The molecular formula is C21H28N4O3. The lowest BCUT2D eigenvalue weighted by Gasteiger charge is -2.34. The molecule has 1 aromatic carbocycles. The molecule has 0 spiro atoms. The van der Waals surface area contributed by atoms with Crippen molar-refractivity contribution in [3.05, 3.63) is 53.7 Å². The van der Waals surface area contributed by atoms with Gasteiger partial charge >= 0.3 is 6.03 Å². The van der Waals surface area contributed by atoms with Crippen LogP contribution in [0.1, 0.15) is 11.1 Å². The molecule has 1 fully saturated rings. The molecule has 1 aliphatic rings. The van der Waals surface area contributed by atoms with Crippen LogP contribution in [0.5, 0.6) is 11.6 Å². The van der Waals surface area contributed by atoms with Crippen LogP contribution >= 0.6 is 0 Å². The standard InChI is InChI=1S/C21H28N4O3/c1-27-19-5-3-17(4-6-19)8-10-24-11-13-25(14-12-24)21(26)23-16-18-7-9-22-20(15-18)28-2/h3-7,9,15H,8,10-14,16H2,1-2H3,(H,23,26). The molecule has 28 heavy (non-hydrogen) atoms. The molecule has 7 heteroatoms. The van der Waals surface area contributed by atoms with Crippen LogP contribution in [-0.4, -0.2) is 67.8 Å². The first-order valence-electron chi connectivity index (χ1n) is 9.55. The molecule has 1 N–H and O–H groups in total. The van der Waals surface area contributed by atoms with Crippen molar-refractivity contribution in [1.82, 2.24) is 20.1 Å². The summed E-state index contributed by atoms with van der Waals surface area (Å²) in [5.41, 5.74) is 2.27. The lowest BCUT2D eigenvalue weighted by atomic mass is 10.1. The Morgan fingerprint density at radius 2 is 1.79 bits per heavy atom. The van der Waals surface area contributed by atoms with E-state index in [0.717, 1.165) is 50.5 Å². The zero-order valence-electron chi connectivity index (χ0n) is 16.6. The summed E-state index contributed by atoms with van der Waals surface area (Å²) in [4.78, 5) is 20.8. The lowest BCUT2D eigenvalue weighted by Crippen LogP contribution is -2.51. The summed E-state index contributed by atoms with van der Waals surface area (Å²) >= 11 is 0. The van der Waals surface area contributed by atoms with E-state index in [-0.39, 0.29) is 6.03 Å². The third kappa shape index (κ3) is 5.60. The highest BCUT2D eigenvalue weighted by atomic mass is 16.5. The van der Waals surface area contributed by atoms with Crippen LogP contribution < -0.4 is 14.8 Å². The molecule has 7 nitrogen and oxygen atoms in total. The number of piperazine rings is 1. The van der Waals surface area contributed by atoms with Crippen molar-refractivity contribution >= 4 is 6.03 Å². The van der Waals surface area contributed by atoms with Crippen molar-refractivity contribution in [2.45, 2.75) is 13.0 Å². The number of pyridine rings is 1. The van der Waals surface area contributed by atoms with Crippen LogP contribution in [0.15, 0.2) is 42.6 Å². The monoisotopic (exact) mass is 384 g/mol. The Morgan fingerprint density at radius 3 is 2.46 bits per heavy atom. The molecule has 1 aromatic heterocycles. The lowest BCUT2D eigenvalue weighted by molar-refractivity contribution is 0.140. The third-order valence-corrected chi connectivity index (χ3v) is 4.99. The zero-order valence-corrected chi connectivity index (χ0v) is 16.6. The number of ether oxygens (including phenoxy) is 2. The number of nitrogens with one attached hydrogen (secondary N) is 1. The minimum absolute atomic E-state index is 0.0226. The van der Waals surface area contributed by atoms with Crippen molar-refractivity contribution in [1.29, 1.82) is 0 Å². The van der Waals surface area contributed by atoms with E-state index in [9.17, 15) is 4.79 Å². The average Bonchev–Trinajstić information content (AvgIpc) is 2.77. The highest BCUT2D eigenvalue weighted by Gasteiger charge is 2.20. The summed E-state index contributed by atoms with van der Waals surface area (Å²) in [6.07, 6.45) is 2.68. The Labute approximate surface area is 166 Å². The summed E-state index contributed by atoms with van der Waals surface area (Å²) < 4.78 is 10.3. The van der Waals surface area contributed by atoms with Gasteiger partial charge in [0.25, 0.3) is 0 Å². The molecule has 0 bridgehead atoms. The molecule has 0 radical (unpaired) electrons. The topological polar surface area (TPSA) is 66.9 Å². The van der Waals surface area contributed by atoms with Crippen LogP contribution in [0.3, 0.4) is 0 Å². The molecule has 150 valence electrons. The van der Waals surface area contributed by atoms with Gasteiger partial charge in [-0.3, -0.25) is 4.90 Å². The Balaban J connectivity index is 1.38. The number of carbonyl (C=O) groups is 1. The Kier molecular flexibility index (Phi) is 7.08. The second kappa shape index (κ2) is 9.94. The summed E-state index contributed by atoms with van der Waals surface area (Å²) in [6, 6.07) is 11.9. The number of methoxy groups -OCH3 is 2. The fraction of sp³-hybridized carbons (Fsp3) is 0.429. The normalized spacial score (nSPS) is 14.6. The first-order chi connectivity index (χ1) is 13.7. The number of carbonyl (C=O) groups excluding carboxylic acids is 1. The van der Waals surface area contributed by atoms with Gasteiger partial charge in [0.2, 0.25) is 5.88 Å². The smallest absolute Gasteiger partial charge is 0.317 e. The Bertz CT molecular complexity index is 759. The van der Waals surface area contributed by atoms with Gasteiger partial charge in [0.1, 0.15) is 5.75 Å². The van der Waals surface area contributed by atoms with E-state index < -0.39 is 0 Å². The van der Waals surface area contributed by atoms with Gasteiger partial charge in [0.05, 0.1) is 14.2 Å². The second-order valence-electron chi connectivity index (χ2n) is 6.79. The fourth-order valence-electron chi connectivity index (χ4n) is 3.22. The van der Waals surface area contributed by atoms with E-state index in [0.29, 0.717) is 12.4 Å². The maximum absolute atomic E-state index is 12.4. The van der Waals surface area contributed by atoms with Crippen molar-refractivity contribution < 1.29 is 14.3 Å². The van der Waals surface area contributed by atoms with Gasteiger partial charge in [0.15, 0.2) is 0 Å². The number of nitrogens with zero attached hydrogens (tertiary/aromatic N) is 3. The molecule has 0 saturated carbocycles. The molecule has 0 aliphatic carbocycles. The van der Waals surface area contributed by atoms with Crippen LogP contribution in [0.2, 0.25) is 0 Å². The molecule has 1 saturated heterocycles. The predicted octanol–water partition coefficient (Wildman–Crippen LogP) is 2.17. The molecule has 3 rings (SSSR count). The number of aromatic nitrogens is 1. The van der Waals surface area contributed by atoms with Crippen molar-refractivity contribution in [2.24, 2.45) is 0 Å². The SMILES string of the molecule is COc1ccc(CCN2CCN(C(=O)NCc3ccnc(OC)c3)CC2)cc1. The number of benzene rings is 1. The maximum atomic E-state index is 12.4. The molecule has 0 unspecified atom stereocenters. The van der Waals surface area contributed by atoms with E-state index in [2.05, 4.69) is 27.3 Å². The Hall–Kier alpha value is -2.80. The summed E-state index contributed by atoms with van der Waals surface area (Å²) in [7, 11) is 3.26. The summed E-state index contributed by atoms with van der Waals surface area (Å²) in [5.74, 6) is 1.44. The summed E-state index contributed by atoms with van der Waals surface area (Å²) in [5, 5.41) is 2.98. The predicted molar refractivity (Wildman–Crippen MR) is 108 cm³/mol. The minimum Gasteiger partial charge on any atom is -0.497 e. The van der Waals surface area contributed by atoms with E-state index in [1.165, 1.54) is 5.56 Å². The van der Waals surface area contributed by atoms with E-state index in [1.807, 2.05) is 29.2 Å². The highest BCUT2D eigenvalue weighted by molar-refractivity contribution is 5.74. The number of amides is 2. The quantitative estimate of drug-likeness (QED) is 0.793. The van der Waals surface area contributed by atoms with Gasteiger partial charge in [-0.1, -0.05) is 12.1 Å². The zero-order chi connectivity index (χ0) is 19.8. The summed E-state index contributed by atoms with van der Waals surface area (Å²) in [6.45, 7) is 4.75. The number of hydrogen-bond donors (Lipinski definition) is 1. The van der Waals surface area contributed by atoms with E-state index in [4.69, 9.17) is 9.47 Å². The van der Waals surface area contributed by atoms with Crippen LogP contribution in [-0.2, 0) is 13.0 Å². The number of urea groups is 1. The van der Waals surface area contributed by atoms with Crippen molar-refractivity contribution in [2.75, 3.05) is 46.9 Å². The van der Waals surface area contributed by atoms with E-state index in [1.54, 1.807) is 20.4 Å². The third-order valence-electron chi connectivity index (χ3n) is 4.99. The molecule has 2 aromatic rings. The highest BCUT2D eigenvalue weighted by Crippen LogP contribution is 2.13. The first-order valence-corrected chi connectivity index (χ1v) is 9.55. The molecular weight excluding hydrogens is 356 g/mol. The van der Waals surface area contributed by atoms with E-state index >= 15 is 0 Å². The van der Waals surface area contributed by atoms with Gasteiger partial charge in [-0.05, 0) is 35.7 Å². The van der Waals surface area contributed by atoms with Gasteiger partial charge in [-0.25, -0.2) is 9.78 Å².